The molecule has 1 unspecified atom stereocenters. The van der Waals surface area contributed by atoms with Gasteiger partial charge in [-0.15, -0.1) is 0 Å². The van der Waals surface area contributed by atoms with Crippen molar-refractivity contribution in [3.05, 3.63) is 0 Å². The van der Waals surface area contributed by atoms with Crippen LogP contribution in [0, 0.1) is 22.7 Å². The molecule has 0 bridgehead atoms. The Labute approximate surface area is 105 Å². The third-order valence-electron chi connectivity index (χ3n) is 5.59. The Morgan fingerprint density at radius 2 is 1.76 bits per heavy atom. The second-order valence-corrected chi connectivity index (χ2v) is 7.26. The summed E-state index contributed by atoms with van der Waals surface area (Å²) in [5, 5.41) is 3.21. The SMILES string of the molecule is CC(CN)(NC(=O)C1C(C)(C)C1(C)C)C1CC1. The molecule has 2 fully saturated rings. The number of hydrogen-bond acceptors (Lipinski definition) is 2. The van der Waals surface area contributed by atoms with Gasteiger partial charge in [0.25, 0.3) is 0 Å². The molecular weight excluding hydrogens is 212 g/mol. The molecule has 17 heavy (non-hydrogen) atoms. The van der Waals surface area contributed by atoms with Gasteiger partial charge in [0, 0.05) is 12.5 Å². The minimum Gasteiger partial charge on any atom is -0.349 e. The molecule has 2 aliphatic rings. The van der Waals surface area contributed by atoms with Gasteiger partial charge < -0.3 is 11.1 Å². The minimum atomic E-state index is -0.189. The van der Waals surface area contributed by atoms with E-state index in [1.807, 2.05) is 0 Å². The number of nitrogens with two attached hydrogens (primary N) is 1. The lowest BCUT2D eigenvalue weighted by molar-refractivity contribution is -0.125. The fourth-order valence-electron chi connectivity index (χ4n) is 3.25. The molecule has 0 aromatic heterocycles. The number of carbonyl (C=O) groups excluding carboxylic acids is 1. The van der Waals surface area contributed by atoms with Crippen molar-refractivity contribution in [1.29, 1.82) is 0 Å². The highest BCUT2D eigenvalue weighted by atomic mass is 16.2. The van der Waals surface area contributed by atoms with Gasteiger partial charge in [0.15, 0.2) is 0 Å². The Morgan fingerprint density at radius 1 is 1.29 bits per heavy atom. The maximum absolute atomic E-state index is 12.4. The Hall–Kier alpha value is -0.570. The largest absolute Gasteiger partial charge is 0.349 e. The Bertz CT molecular complexity index is 330. The molecule has 2 aliphatic carbocycles. The first kappa shape index (κ1) is 12.9. The average Bonchev–Trinajstić information content (AvgIpc) is 3.04. The first-order valence-electron chi connectivity index (χ1n) is 6.69. The molecule has 3 nitrogen and oxygen atoms in total. The minimum absolute atomic E-state index is 0.107. The number of carbonyl (C=O) groups is 1. The molecule has 0 saturated heterocycles. The van der Waals surface area contributed by atoms with Gasteiger partial charge in [0.2, 0.25) is 5.91 Å². The molecular formula is C14H26N2O. The smallest absolute Gasteiger partial charge is 0.224 e. The van der Waals surface area contributed by atoms with E-state index in [1.165, 1.54) is 12.8 Å². The van der Waals surface area contributed by atoms with Gasteiger partial charge in [-0.25, -0.2) is 0 Å². The van der Waals surface area contributed by atoms with Crippen molar-refractivity contribution in [1.82, 2.24) is 5.32 Å². The summed E-state index contributed by atoms with van der Waals surface area (Å²) in [4.78, 5) is 12.4. The summed E-state index contributed by atoms with van der Waals surface area (Å²) >= 11 is 0. The second-order valence-electron chi connectivity index (χ2n) is 7.26. The topological polar surface area (TPSA) is 55.1 Å². The number of hydrogen-bond donors (Lipinski definition) is 2. The molecule has 2 rings (SSSR count). The summed E-state index contributed by atoms with van der Waals surface area (Å²) in [7, 11) is 0. The van der Waals surface area contributed by atoms with E-state index < -0.39 is 0 Å². The van der Waals surface area contributed by atoms with Crippen LogP contribution in [-0.4, -0.2) is 18.0 Å². The van der Waals surface area contributed by atoms with E-state index in [0.29, 0.717) is 12.5 Å². The predicted octanol–water partition coefficient (Wildman–Crippen LogP) is 1.91. The zero-order valence-electron chi connectivity index (χ0n) is 11.8. The summed E-state index contributed by atoms with van der Waals surface area (Å²) < 4.78 is 0. The molecule has 0 aromatic rings. The first-order valence-corrected chi connectivity index (χ1v) is 6.69. The molecule has 98 valence electrons. The standard InChI is InChI=1S/C14H26N2O/c1-12(2)10(13(12,3)4)11(17)16-14(5,8-15)9-6-7-9/h9-10H,6-8,15H2,1-5H3,(H,16,17). The van der Waals surface area contributed by atoms with E-state index in [9.17, 15) is 4.79 Å². The van der Waals surface area contributed by atoms with E-state index in [-0.39, 0.29) is 28.2 Å². The lowest BCUT2D eigenvalue weighted by Gasteiger charge is -2.30. The molecule has 1 amide bonds. The summed E-state index contributed by atoms with van der Waals surface area (Å²) in [6, 6.07) is 0. The highest BCUT2D eigenvalue weighted by Gasteiger charge is 2.68. The normalized spacial score (nSPS) is 29.5. The quantitative estimate of drug-likeness (QED) is 0.786. The Kier molecular flexibility index (Phi) is 2.63. The van der Waals surface area contributed by atoms with Gasteiger partial charge in [0.05, 0.1) is 5.54 Å². The molecule has 0 heterocycles. The molecule has 3 N–H and O–H groups in total. The maximum Gasteiger partial charge on any atom is 0.224 e. The van der Waals surface area contributed by atoms with Crippen LogP contribution >= 0.6 is 0 Å². The zero-order chi connectivity index (χ0) is 13.1. The molecule has 3 heteroatoms. The van der Waals surface area contributed by atoms with Crippen LogP contribution in [0.2, 0.25) is 0 Å². The van der Waals surface area contributed by atoms with Crippen LogP contribution in [0.3, 0.4) is 0 Å². The Balaban J connectivity index is 2.03. The fourth-order valence-corrected chi connectivity index (χ4v) is 3.25. The van der Waals surface area contributed by atoms with E-state index in [1.54, 1.807) is 0 Å². The number of amides is 1. The van der Waals surface area contributed by atoms with Crippen molar-refractivity contribution in [2.75, 3.05) is 6.54 Å². The fraction of sp³-hybridized carbons (Fsp3) is 0.929. The van der Waals surface area contributed by atoms with Gasteiger partial charge in [-0.1, -0.05) is 27.7 Å². The van der Waals surface area contributed by atoms with Crippen molar-refractivity contribution in [2.45, 2.75) is 53.0 Å². The van der Waals surface area contributed by atoms with Crippen molar-refractivity contribution in [2.24, 2.45) is 28.4 Å². The van der Waals surface area contributed by atoms with Gasteiger partial charge in [-0.3, -0.25) is 4.79 Å². The third kappa shape index (κ3) is 1.79. The summed E-state index contributed by atoms with van der Waals surface area (Å²) in [5.41, 5.74) is 5.86. The van der Waals surface area contributed by atoms with Crippen LogP contribution in [0.15, 0.2) is 0 Å². The van der Waals surface area contributed by atoms with Crippen LogP contribution in [0.4, 0.5) is 0 Å². The predicted molar refractivity (Wildman–Crippen MR) is 69.4 cm³/mol. The molecule has 0 spiro atoms. The zero-order valence-corrected chi connectivity index (χ0v) is 11.8. The molecule has 1 atom stereocenters. The van der Waals surface area contributed by atoms with Crippen LogP contribution in [0.25, 0.3) is 0 Å². The number of nitrogens with one attached hydrogen (secondary N) is 1. The van der Waals surface area contributed by atoms with Crippen molar-refractivity contribution >= 4 is 5.91 Å². The molecule has 2 saturated carbocycles. The van der Waals surface area contributed by atoms with Gasteiger partial charge in [-0.05, 0) is 36.5 Å². The third-order valence-corrected chi connectivity index (χ3v) is 5.59. The highest BCUT2D eigenvalue weighted by Crippen LogP contribution is 2.68. The van der Waals surface area contributed by atoms with E-state index in [0.717, 1.165) is 0 Å². The van der Waals surface area contributed by atoms with Crippen LogP contribution in [0.1, 0.15) is 47.5 Å². The second kappa shape index (κ2) is 3.47. The van der Waals surface area contributed by atoms with Crippen molar-refractivity contribution in [3.8, 4) is 0 Å². The molecule has 0 aromatic carbocycles. The van der Waals surface area contributed by atoms with Crippen molar-refractivity contribution in [3.63, 3.8) is 0 Å². The monoisotopic (exact) mass is 238 g/mol. The first-order chi connectivity index (χ1) is 7.67. The van der Waals surface area contributed by atoms with Gasteiger partial charge in [-0.2, -0.15) is 0 Å². The summed E-state index contributed by atoms with van der Waals surface area (Å²) in [6.45, 7) is 11.3. The molecule has 0 radical (unpaired) electrons. The average molecular weight is 238 g/mol. The van der Waals surface area contributed by atoms with Crippen LogP contribution in [-0.2, 0) is 4.79 Å². The number of rotatable bonds is 4. The van der Waals surface area contributed by atoms with Crippen molar-refractivity contribution < 1.29 is 4.79 Å². The van der Waals surface area contributed by atoms with E-state index in [4.69, 9.17) is 5.73 Å². The highest BCUT2D eigenvalue weighted by molar-refractivity contribution is 5.84. The van der Waals surface area contributed by atoms with Gasteiger partial charge >= 0.3 is 0 Å². The van der Waals surface area contributed by atoms with Gasteiger partial charge in [0.1, 0.15) is 0 Å². The lowest BCUT2D eigenvalue weighted by Crippen LogP contribution is -2.54. The summed E-state index contributed by atoms with van der Waals surface area (Å²) in [6.07, 6.45) is 2.40. The van der Waals surface area contributed by atoms with Crippen LogP contribution < -0.4 is 11.1 Å². The lowest BCUT2D eigenvalue weighted by atomic mass is 9.95. The Morgan fingerprint density at radius 3 is 2.06 bits per heavy atom. The molecule has 0 aliphatic heterocycles. The van der Waals surface area contributed by atoms with E-state index in [2.05, 4.69) is 39.9 Å². The van der Waals surface area contributed by atoms with Crippen LogP contribution in [0.5, 0.6) is 0 Å². The summed E-state index contributed by atoms with van der Waals surface area (Å²) in [5.74, 6) is 0.904. The van der Waals surface area contributed by atoms with E-state index >= 15 is 0 Å². The maximum atomic E-state index is 12.4.